The van der Waals surface area contributed by atoms with Gasteiger partial charge in [0.25, 0.3) is 0 Å². The highest BCUT2D eigenvalue weighted by molar-refractivity contribution is 5.92. The molecule has 0 radical (unpaired) electrons. The molecular formula is C16H24N6O. The van der Waals surface area contributed by atoms with E-state index in [1.54, 1.807) is 10.9 Å². The normalized spacial score (nSPS) is 19.2. The van der Waals surface area contributed by atoms with Crippen molar-refractivity contribution in [1.82, 2.24) is 24.6 Å². The number of piperazine rings is 1. The van der Waals surface area contributed by atoms with Crippen LogP contribution in [0.25, 0.3) is 11.0 Å². The molecule has 7 heteroatoms. The molecule has 0 bridgehead atoms. The fourth-order valence-corrected chi connectivity index (χ4v) is 3.17. The van der Waals surface area contributed by atoms with Crippen LogP contribution in [0.4, 0.5) is 5.82 Å². The highest BCUT2D eigenvalue weighted by Crippen LogP contribution is 2.27. The second-order valence-corrected chi connectivity index (χ2v) is 6.65. The molecule has 0 N–H and O–H groups in total. The molecular weight excluding hydrogens is 292 g/mol. The van der Waals surface area contributed by atoms with Crippen molar-refractivity contribution in [2.45, 2.75) is 33.7 Å². The van der Waals surface area contributed by atoms with Gasteiger partial charge in [-0.15, -0.1) is 0 Å². The molecule has 124 valence electrons. The average molecular weight is 316 g/mol. The molecule has 0 saturated carbocycles. The van der Waals surface area contributed by atoms with Gasteiger partial charge in [0.15, 0.2) is 5.65 Å². The molecule has 0 spiro atoms. The van der Waals surface area contributed by atoms with Crippen LogP contribution in [0.5, 0.6) is 0 Å². The smallest absolute Gasteiger partial charge is 0.245 e. The van der Waals surface area contributed by atoms with Crippen LogP contribution in [-0.2, 0) is 11.8 Å². The molecule has 1 atom stereocenters. The van der Waals surface area contributed by atoms with E-state index in [1.165, 1.54) is 0 Å². The molecule has 1 amide bonds. The number of hydrogen-bond acceptors (Lipinski definition) is 5. The van der Waals surface area contributed by atoms with Crippen LogP contribution >= 0.6 is 0 Å². The maximum Gasteiger partial charge on any atom is 0.245 e. The van der Waals surface area contributed by atoms with Gasteiger partial charge in [0.1, 0.15) is 17.7 Å². The summed E-state index contributed by atoms with van der Waals surface area (Å²) in [7, 11) is 1.87. The quantitative estimate of drug-likeness (QED) is 0.855. The number of carbonyl (C=O) groups excluding carboxylic acids is 1. The fraction of sp³-hybridized carbons (Fsp3) is 0.625. The maximum atomic E-state index is 12.7. The fourth-order valence-electron chi connectivity index (χ4n) is 3.17. The first-order chi connectivity index (χ1) is 10.9. The first kappa shape index (κ1) is 15.7. The summed E-state index contributed by atoms with van der Waals surface area (Å²) < 4.78 is 1.75. The summed E-state index contributed by atoms with van der Waals surface area (Å²) in [5.41, 5.74) is 0.803. The van der Waals surface area contributed by atoms with Crippen LogP contribution < -0.4 is 4.90 Å². The van der Waals surface area contributed by atoms with Crippen LogP contribution in [0.1, 0.15) is 26.6 Å². The van der Waals surface area contributed by atoms with E-state index in [1.807, 2.05) is 25.8 Å². The van der Waals surface area contributed by atoms with Crippen molar-refractivity contribution in [3.8, 4) is 0 Å². The summed E-state index contributed by atoms with van der Waals surface area (Å²) >= 11 is 0. The zero-order valence-corrected chi connectivity index (χ0v) is 14.4. The Hall–Kier alpha value is -2.18. The summed E-state index contributed by atoms with van der Waals surface area (Å²) in [4.78, 5) is 25.8. The summed E-state index contributed by atoms with van der Waals surface area (Å²) in [5, 5.41) is 5.18. The Morgan fingerprint density at radius 3 is 2.74 bits per heavy atom. The molecule has 1 aliphatic heterocycles. The third kappa shape index (κ3) is 2.75. The SMILES string of the molecule is Cc1nc(N2CCN(CC(C)C)C(=O)C2C)c2cnn(C)c2n1. The topological polar surface area (TPSA) is 67.2 Å². The van der Waals surface area contributed by atoms with Gasteiger partial charge in [0.2, 0.25) is 5.91 Å². The second-order valence-electron chi connectivity index (χ2n) is 6.65. The predicted molar refractivity (Wildman–Crippen MR) is 89.3 cm³/mol. The maximum absolute atomic E-state index is 12.7. The molecule has 7 nitrogen and oxygen atoms in total. The largest absolute Gasteiger partial charge is 0.342 e. The number of aryl methyl sites for hydroxylation is 2. The van der Waals surface area contributed by atoms with Gasteiger partial charge in [-0.3, -0.25) is 9.48 Å². The van der Waals surface area contributed by atoms with Gasteiger partial charge in [-0.05, 0) is 19.8 Å². The number of nitrogens with zero attached hydrogens (tertiary/aromatic N) is 6. The lowest BCUT2D eigenvalue weighted by atomic mass is 10.1. The first-order valence-electron chi connectivity index (χ1n) is 8.10. The number of hydrogen-bond donors (Lipinski definition) is 0. The van der Waals surface area contributed by atoms with Crippen LogP contribution in [0.3, 0.4) is 0 Å². The predicted octanol–water partition coefficient (Wildman–Crippen LogP) is 1.36. The Morgan fingerprint density at radius 1 is 1.30 bits per heavy atom. The van der Waals surface area contributed by atoms with Crippen LogP contribution in [0, 0.1) is 12.8 Å². The molecule has 23 heavy (non-hydrogen) atoms. The molecule has 3 rings (SSSR count). The standard InChI is InChI=1S/C16H24N6O/c1-10(2)9-21-6-7-22(11(3)16(21)23)15-13-8-17-20(5)14(13)18-12(4)19-15/h8,10-11H,6-7,9H2,1-5H3. The Labute approximate surface area is 136 Å². The Balaban J connectivity index is 1.96. The van der Waals surface area contributed by atoms with Crippen LogP contribution in [0.15, 0.2) is 6.20 Å². The lowest BCUT2D eigenvalue weighted by molar-refractivity contribution is -0.134. The first-order valence-corrected chi connectivity index (χ1v) is 8.10. The Kier molecular flexibility index (Phi) is 3.95. The van der Waals surface area contributed by atoms with E-state index in [-0.39, 0.29) is 11.9 Å². The minimum absolute atomic E-state index is 0.165. The minimum atomic E-state index is -0.222. The number of amides is 1. The Morgan fingerprint density at radius 2 is 2.04 bits per heavy atom. The number of aromatic nitrogens is 4. The van der Waals surface area contributed by atoms with Crippen molar-refractivity contribution < 1.29 is 4.79 Å². The van der Waals surface area contributed by atoms with Crippen molar-refractivity contribution in [3.05, 3.63) is 12.0 Å². The van der Waals surface area contributed by atoms with E-state index >= 15 is 0 Å². The van der Waals surface area contributed by atoms with E-state index in [2.05, 4.69) is 33.8 Å². The third-order valence-corrected chi connectivity index (χ3v) is 4.29. The van der Waals surface area contributed by atoms with Gasteiger partial charge in [-0.1, -0.05) is 13.8 Å². The molecule has 0 aromatic carbocycles. The van der Waals surface area contributed by atoms with E-state index < -0.39 is 0 Å². The minimum Gasteiger partial charge on any atom is -0.342 e. The number of carbonyl (C=O) groups is 1. The number of fused-ring (bicyclic) bond motifs is 1. The molecule has 1 unspecified atom stereocenters. The number of rotatable bonds is 3. The van der Waals surface area contributed by atoms with Crippen LogP contribution in [-0.4, -0.2) is 56.2 Å². The zero-order valence-electron chi connectivity index (χ0n) is 14.4. The molecule has 0 aliphatic carbocycles. The summed E-state index contributed by atoms with van der Waals surface area (Å²) in [6, 6.07) is -0.222. The van der Waals surface area contributed by atoms with Gasteiger partial charge in [0.05, 0.1) is 11.6 Å². The molecule has 1 aliphatic rings. The third-order valence-electron chi connectivity index (χ3n) is 4.29. The molecule has 2 aromatic rings. The lowest BCUT2D eigenvalue weighted by Crippen LogP contribution is -2.57. The number of anilines is 1. The average Bonchev–Trinajstić information content (AvgIpc) is 2.85. The zero-order chi connectivity index (χ0) is 16.7. The van der Waals surface area contributed by atoms with E-state index in [9.17, 15) is 4.79 Å². The van der Waals surface area contributed by atoms with Crippen molar-refractivity contribution in [2.24, 2.45) is 13.0 Å². The molecule has 2 aromatic heterocycles. The van der Waals surface area contributed by atoms with E-state index in [0.717, 1.165) is 36.5 Å². The van der Waals surface area contributed by atoms with E-state index in [0.29, 0.717) is 11.7 Å². The lowest BCUT2D eigenvalue weighted by Gasteiger charge is -2.40. The van der Waals surface area contributed by atoms with Crippen molar-refractivity contribution in [3.63, 3.8) is 0 Å². The van der Waals surface area contributed by atoms with Gasteiger partial charge >= 0.3 is 0 Å². The van der Waals surface area contributed by atoms with E-state index in [4.69, 9.17) is 0 Å². The summed E-state index contributed by atoms with van der Waals surface area (Å²) in [6.45, 7) is 10.4. The van der Waals surface area contributed by atoms with Crippen molar-refractivity contribution in [1.29, 1.82) is 0 Å². The molecule has 1 fully saturated rings. The summed E-state index contributed by atoms with van der Waals surface area (Å²) in [5.74, 6) is 2.15. The highest BCUT2D eigenvalue weighted by atomic mass is 16.2. The molecule has 1 saturated heterocycles. The van der Waals surface area contributed by atoms with Gasteiger partial charge in [0, 0.05) is 26.7 Å². The van der Waals surface area contributed by atoms with Crippen molar-refractivity contribution in [2.75, 3.05) is 24.5 Å². The highest BCUT2D eigenvalue weighted by Gasteiger charge is 2.33. The van der Waals surface area contributed by atoms with Gasteiger partial charge in [-0.25, -0.2) is 9.97 Å². The summed E-state index contributed by atoms with van der Waals surface area (Å²) in [6.07, 6.45) is 1.78. The Bertz CT molecular complexity index is 737. The van der Waals surface area contributed by atoms with Gasteiger partial charge < -0.3 is 9.80 Å². The van der Waals surface area contributed by atoms with Crippen molar-refractivity contribution >= 4 is 22.8 Å². The van der Waals surface area contributed by atoms with Gasteiger partial charge in [-0.2, -0.15) is 5.10 Å². The van der Waals surface area contributed by atoms with Crippen LogP contribution in [0.2, 0.25) is 0 Å². The second kappa shape index (κ2) is 5.79. The molecule has 3 heterocycles. The monoisotopic (exact) mass is 316 g/mol.